The number of nitrogens with one attached hydrogen (secondary N) is 2. The summed E-state index contributed by atoms with van der Waals surface area (Å²) in [5.74, 6) is 1.20. The Hall–Kier alpha value is -2.60. The molecule has 1 unspecified atom stereocenters. The van der Waals surface area contributed by atoms with Crippen molar-refractivity contribution >= 4 is 11.4 Å². The number of hydrogen-bond donors (Lipinski definition) is 2. The molecule has 1 atom stereocenters. The van der Waals surface area contributed by atoms with Crippen LogP contribution in [-0.2, 0) is 0 Å². The van der Waals surface area contributed by atoms with Crippen LogP contribution in [0.4, 0.5) is 10.2 Å². The number of pyridine rings is 1. The van der Waals surface area contributed by atoms with E-state index in [1.54, 1.807) is 19.2 Å². The molecule has 0 radical (unpaired) electrons. The molecule has 4 rings (SSSR count). The van der Waals surface area contributed by atoms with Crippen molar-refractivity contribution in [2.75, 3.05) is 32.6 Å². The molecule has 1 aromatic heterocycles. The van der Waals surface area contributed by atoms with E-state index in [-0.39, 0.29) is 11.9 Å². The topological polar surface area (TPSA) is 49.4 Å². The second-order valence-electron chi connectivity index (χ2n) is 7.58. The average molecular weight is 382 g/mol. The highest BCUT2D eigenvalue weighted by atomic mass is 19.1. The second-order valence-corrected chi connectivity index (χ2v) is 7.58. The number of piperidine rings is 1. The highest BCUT2D eigenvalue weighted by Crippen LogP contribution is 2.37. The fourth-order valence-corrected chi connectivity index (χ4v) is 3.98. The van der Waals surface area contributed by atoms with Gasteiger partial charge in [0.1, 0.15) is 17.4 Å². The summed E-state index contributed by atoms with van der Waals surface area (Å²) >= 11 is 0. The van der Waals surface area contributed by atoms with Crippen molar-refractivity contribution in [1.82, 2.24) is 15.2 Å². The molecule has 2 aliphatic rings. The minimum atomic E-state index is -0.265. The lowest BCUT2D eigenvalue weighted by atomic mass is 9.99. The summed E-state index contributed by atoms with van der Waals surface area (Å²) < 4.78 is 19.7. The molecule has 0 amide bonds. The van der Waals surface area contributed by atoms with E-state index in [0.717, 1.165) is 43.0 Å². The van der Waals surface area contributed by atoms with Crippen LogP contribution in [0.1, 0.15) is 36.6 Å². The first kappa shape index (κ1) is 18.7. The maximum Gasteiger partial charge on any atom is 0.134 e. The summed E-state index contributed by atoms with van der Waals surface area (Å²) in [4.78, 5) is 7.17. The molecule has 1 saturated heterocycles. The summed E-state index contributed by atoms with van der Waals surface area (Å²) in [6.45, 7) is 2.22. The molecule has 0 aliphatic carbocycles. The van der Waals surface area contributed by atoms with E-state index in [9.17, 15) is 4.39 Å². The summed E-state index contributed by atoms with van der Waals surface area (Å²) in [6.07, 6.45) is 4.80. The first-order valence-electron chi connectivity index (χ1n) is 9.84. The fourth-order valence-electron chi connectivity index (χ4n) is 3.98. The van der Waals surface area contributed by atoms with Crippen LogP contribution in [0.3, 0.4) is 0 Å². The summed E-state index contributed by atoms with van der Waals surface area (Å²) in [5.41, 5.74) is 2.38. The van der Waals surface area contributed by atoms with Gasteiger partial charge in [0.05, 0.1) is 24.4 Å². The van der Waals surface area contributed by atoms with Crippen LogP contribution in [0.15, 0.2) is 42.6 Å². The number of ether oxygens (including phenoxy) is 1. The van der Waals surface area contributed by atoms with Crippen LogP contribution in [0.5, 0.6) is 5.75 Å². The Labute approximate surface area is 165 Å². The molecule has 28 heavy (non-hydrogen) atoms. The van der Waals surface area contributed by atoms with E-state index in [2.05, 4.69) is 22.6 Å². The highest BCUT2D eigenvalue weighted by Gasteiger charge is 2.25. The predicted molar refractivity (Wildman–Crippen MR) is 110 cm³/mol. The third-order valence-electron chi connectivity index (χ3n) is 5.60. The molecule has 6 heteroatoms. The monoisotopic (exact) mass is 382 g/mol. The molecular weight excluding hydrogens is 355 g/mol. The molecular formula is C22H27FN4O. The SMILES string of the molecule is COc1cccc(F)c1C1=CNC(c2cccc(NC3CCN(C)CC3)n2)C1. The Balaban J connectivity index is 1.45. The molecule has 0 bridgehead atoms. The molecule has 2 aromatic rings. The van der Waals surface area contributed by atoms with Crippen LogP contribution in [0.2, 0.25) is 0 Å². The van der Waals surface area contributed by atoms with Crippen molar-refractivity contribution in [3.05, 3.63) is 59.7 Å². The Morgan fingerprint density at radius 2 is 1.96 bits per heavy atom. The van der Waals surface area contributed by atoms with Gasteiger partial charge in [0.15, 0.2) is 0 Å². The number of rotatable bonds is 5. The van der Waals surface area contributed by atoms with Gasteiger partial charge in [0.2, 0.25) is 0 Å². The Kier molecular flexibility index (Phi) is 5.48. The summed E-state index contributed by atoms with van der Waals surface area (Å²) in [6, 6.07) is 11.5. The van der Waals surface area contributed by atoms with Gasteiger partial charge in [-0.15, -0.1) is 0 Å². The highest BCUT2D eigenvalue weighted by molar-refractivity contribution is 5.73. The van der Waals surface area contributed by atoms with E-state index in [1.807, 2.05) is 24.4 Å². The fraction of sp³-hybridized carbons (Fsp3) is 0.409. The number of anilines is 1. The van der Waals surface area contributed by atoms with Gasteiger partial charge < -0.3 is 20.3 Å². The molecule has 3 heterocycles. The zero-order valence-electron chi connectivity index (χ0n) is 16.4. The maximum absolute atomic E-state index is 14.4. The van der Waals surface area contributed by atoms with E-state index in [1.165, 1.54) is 6.07 Å². The van der Waals surface area contributed by atoms with Crippen molar-refractivity contribution in [2.45, 2.75) is 31.3 Å². The maximum atomic E-state index is 14.4. The third kappa shape index (κ3) is 3.97. The van der Waals surface area contributed by atoms with Gasteiger partial charge >= 0.3 is 0 Å². The number of aromatic nitrogens is 1. The first-order chi connectivity index (χ1) is 13.6. The molecule has 0 saturated carbocycles. The quantitative estimate of drug-likeness (QED) is 0.824. The Morgan fingerprint density at radius 1 is 1.18 bits per heavy atom. The minimum Gasteiger partial charge on any atom is -0.496 e. The number of hydrogen-bond acceptors (Lipinski definition) is 5. The molecule has 2 aliphatic heterocycles. The first-order valence-corrected chi connectivity index (χ1v) is 9.84. The smallest absolute Gasteiger partial charge is 0.134 e. The van der Waals surface area contributed by atoms with E-state index < -0.39 is 0 Å². The second kappa shape index (κ2) is 8.19. The van der Waals surface area contributed by atoms with Crippen molar-refractivity contribution in [1.29, 1.82) is 0 Å². The number of methoxy groups -OCH3 is 1. The molecule has 5 nitrogen and oxygen atoms in total. The van der Waals surface area contributed by atoms with Crippen LogP contribution in [0.25, 0.3) is 5.57 Å². The van der Waals surface area contributed by atoms with Gasteiger partial charge in [-0.25, -0.2) is 9.37 Å². The van der Waals surface area contributed by atoms with Crippen LogP contribution in [-0.4, -0.2) is 43.2 Å². The normalized spacial score (nSPS) is 20.5. The van der Waals surface area contributed by atoms with Gasteiger partial charge in [0, 0.05) is 18.7 Å². The van der Waals surface area contributed by atoms with Gasteiger partial charge in [-0.1, -0.05) is 12.1 Å². The van der Waals surface area contributed by atoms with E-state index >= 15 is 0 Å². The van der Waals surface area contributed by atoms with Crippen LogP contribution < -0.4 is 15.4 Å². The Morgan fingerprint density at radius 3 is 2.75 bits per heavy atom. The van der Waals surface area contributed by atoms with E-state index in [4.69, 9.17) is 9.72 Å². The van der Waals surface area contributed by atoms with Gasteiger partial charge in [-0.05, 0) is 62.8 Å². The minimum absolute atomic E-state index is 0.0264. The van der Waals surface area contributed by atoms with Gasteiger partial charge in [-0.3, -0.25) is 0 Å². The summed E-state index contributed by atoms with van der Waals surface area (Å²) in [5, 5.41) is 6.93. The number of benzene rings is 1. The molecule has 0 spiro atoms. The van der Waals surface area contributed by atoms with E-state index in [0.29, 0.717) is 23.8 Å². The number of likely N-dealkylation sites (tertiary alicyclic amines) is 1. The lowest BCUT2D eigenvalue weighted by molar-refractivity contribution is 0.263. The van der Waals surface area contributed by atoms with Crippen LogP contribution >= 0.6 is 0 Å². The average Bonchev–Trinajstić information content (AvgIpc) is 3.19. The standard InChI is InChI=1S/C22H27FN4O/c1-27-11-9-16(10-12-27)25-21-8-4-6-18(26-21)19-13-15(14-24-19)22-17(23)5-3-7-20(22)28-2/h3-8,14,16,19,24H,9-13H2,1-2H3,(H,25,26). The Bertz CT molecular complexity index is 861. The molecule has 1 aromatic carbocycles. The third-order valence-corrected chi connectivity index (χ3v) is 5.60. The molecule has 2 N–H and O–H groups in total. The summed E-state index contributed by atoms with van der Waals surface area (Å²) in [7, 11) is 3.73. The lowest BCUT2D eigenvalue weighted by Crippen LogP contribution is -2.36. The van der Waals surface area contributed by atoms with Crippen molar-refractivity contribution < 1.29 is 9.13 Å². The zero-order valence-corrected chi connectivity index (χ0v) is 16.4. The van der Waals surface area contributed by atoms with Crippen molar-refractivity contribution in [2.24, 2.45) is 0 Å². The largest absolute Gasteiger partial charge is 0.496 e. The van der Waals surface area contributed by atoms with Crippen molar-refractivity contribution in [3.8, 4) is 5.75 Å². The van der Waals surface area contributed by atoms with Crippen LogP contribution in [0, 0.1) is 5.82 Å². The predicted octanol–water partition coefficient (Wildman–Crippen LogP) is 3.81. The molecule has 148 valence electrons. The lowest BCUT2D eigenvalue weighted by Gasteiger charge is -2.30. The number of halogens is 1. The van der Waals surface area contributed by atoms with Gasteiger partial charge in [-0.2, -0.15) is 0 Å². The number of nitrogens with zero attached hydrogens (tertiary/aromatic N) is 2. The zero-order chi connectivity index (χ0) is 19.5. The molecule has 1 fully saturated rings. The van der Waals surface area contributed by atoms with Crippen molar-refractivity contribution in [3.63, 3.8) is 0 Å². The van der Waals surface area contributed by atoms with Gasteiger partial charge in [0.25, 0.3) is 0 Å².